The van der Waals surface area contributed by atoms with Crippen molar-refractivity contribution >= 4 is 23.2 Å². The molecular formula is C21H24N4OS. The Bertz CT molecular complexity index is 779. The van der Waals surface area contributed by atoms with Gasteiger partial charge in [-0.3, -0.25) is 14.6 Å². The molecule has 2 heterocycles. The lowest BCUT2D eigenvalue weighted by atomic mass is 9.83. The number of rotatable bonds is 4. The number of carbonyl (C=O) groups excluding carboxylic acids is 1. The standard InChI is InChI=1S/C21H24N4OS/c1-23-12-14-24(15-13-23)16-25-19(26)21(22-20(25)27,17-8-4-2-5-9-17)18-10-6-3-7-11-18/h2-11H,12-16H2,1H3,(H,22,27). The molecule has 4 rings (SSSR count). The summed E-state index contributed by atoms with van der Waals surface area (Å²) in [5.41, 5.74) is 0.848. The first kappa shape index (κ1) is 18.1. The van der Waals surface area contributed by atoms with Crippen LogP contribution >= 0.6 is 12.2 Å². The van der Waals surface area contributed by atoms with Gasteiger partial charge in [0.05, 0.1) is 6.67 Å². The number of likely N-dealkylation sites (N-methyl/N-ethyl adjacent to an activating group) is 1. The lowest BCUT2D eigenvalue weighted by molar-refractivity contribution is -0.131. The number of amides is 1. The molecule has 0 atom stereocenters. The number of nitrogens with zero attached hydrogens (tertiary/aromatic N) is 3. The van der Waals surface area contributed by atoms with Gasteiger partial charge in [0.25, 0.3) is 5.91 Å². The number of hydrogen-bond donors (Lipinski definition) is 1. The van der Waals surface area contributed by atoms with Crippen molar-refractivity contribution in [1.82, 2.24) is 20.0 Å². The van der Waals surface area contributed by atoms with E-state index in [4.69, 9.17) is 12.2 Å². The average molecular weight is 381 g/mol. The van der Waals surface area contributed by atoms with Gasteiger partial charge in [0, 0.05) is 26.2 Å². The van der Waals surface area contributed by atoms with Crippen LogP contribution in [0.2, 0.25) is 0 Å². The van der Waals surface area contributed by atoms with Gasteiger partial charge in [0.2, 0.25) is 0 Å². The second-order valence-corrected chi connectivity index (χ2v) is 7.59. The molecule has 0 saturated carbocycles. The Morgan fingerprint density at radius 2 is 1.44 bits per heavy atom. The molecule has 2 aromatic rings. The highest BCUT2D eigenvalue weighted by Gasteiger charge is 2.52. The van der Waals surface area contributed by atoms with E-state index in [0.717, 1.165) is 37.3 Å². The highest BCUT2D eigenvalue weighted by Crippen LogP contribution is 2.36. The van der Waals surface area contributed by atoms with Crippen LogP contribution in [0.5, 0.6) is 0 Å². The number of piperazine rings is 1. The van der Waals surface area contributed by atoms with Crippen molar-refractivity contribution in [1.29, 1.82) is 0 Å². The summed E-state index contributed by atoms with van der Waals surface area (Å²) in [5.74, 6) is -0.0103. The van der Waals surface area contributed by atoms with Gasteiger partial charge in [-0.25, -0.2) is 0 Å². The van der Waals surface area contributed by atoms with E-state index >= 15 is 0 Å². The first-order valence-corrected chi connectivity index (χ1v) is 9.68. The Morgan fingerprint density at radius 3 is 1.96 bits per heavy atom. The first-order valence-electron chi connectivity index (χ1n) is 9.27. The molecule has 0 radical (unpaired) electrons. The van der Waals surface area contributed by atoms with Gasteiger partial charge in [0.15, 0.2) is 10.7 Å². The van der Waals surface area contributed by atoms with Crippen molar-refractivity contribution in [2.75, 3.05) is 39.9 Å². The average Bonchev–Trinajstić information content (AvgIpc) is 2.96. The van der Waals surface area contributed by atoms with Crippen molar-refractivity contribution in [2.45, 2.75) is 5.54 Å². The lowest BCUT2D eigenvalue weighted by Gasteiger charge is -2.34. The fourth-order valence-corrected chi connectivity index (χ4v) is 4.12. The summed E-state index contributed by atoms with van der Waals surface area (Å²) >= 11 is 5.62. The predicted octanol–water partition coefficient (Wildman–Crippen LogP) is 1.85. The zero-order valence-corrected chi connectivity index (χ0v) is 16.3. The minimum absolute atomic E-state index is 0.0103. The van der Waals surface area contributed by atoms with Crippen LogP contribution in [0.15, 0.2) is 60.7 Å². The van der Waals surface area contributed by atoms with E-state index in [2.05, 4.69) is 22.2 Å². The summed E-state index contributed by atoms with van der Waals surface area (Å²) in [6, 6.07) is 19.7. The largest absolute Gasteiger partial charge is 0.341 e. The molecule has 5 nitrogen and oxygen atoms in total. The molecule has 1 amide bonds. The Kier molecular flexibility index (Phi) is 4.95. The van der Waals surface area contributed by atoms with E-state index in [9.17, 15) is 4.79 Å². The number of thiocarbonyl (C=S) groups is 1. The van der Waals surface area contributed by atoms with Crippen LogP contribution in [-0.2, 0) is 10.3 Å². The van der Waals surface area contributed by atoms with Crippen LogP contribution in [0.25, 0.3) is 0 Å². The van der Waals surface area contributed by atoms with Crippen LogP contribution in [0.4, 0.5) is 0 Å². The normalized spacial score (nSPS) is 20.7. The third-order valence-electron chi connectivity index (χ3n) is 5.46. The Labute approximate surface area is 165 Å². The molecule has 2 fully saturated rings. The summed E-state index contributed by atoms with van der Waals surface area (Å²) < 4.78 is 0. The van der Waals surface area contributed by atoms with Crippen LogP contribution in [0.1, 0.15) is 11.1 Å². The zero-order valence-electron chi connectivity index (χ0n) is 15.5. The third kappa shape index (κ3) is 3.25. The summed E-state index contributed by atoms with van der Waals surface area (Å²) in [6.45, 7) is 4.41. The van der Waals surface area contributed by atoms with Crippen molar-refractivity contribution in [3.63, 3.8) is 0 Å². The number of nitrogens with one attached hydrogen (secondary N) is 1. The number of hydrogen-bond acceptors (Lipinski definition) is 4. The summed E-state index contributed by atoms with van der Waals surface area (Å²) in [7, 11) is 2.13. The van der Waals surface area contributed by atoms with E-state index in [1.54, 1.807) is 4.90 Å². The SMILES string of the molecule is CN1CCN(CN2C(=O)C(c3ccccc3)(c3ccccc3)NC2=S)CC1. The molecule has 140 valence electrons. The molecule has 0 aromatic heterocycles. The molecule has 2 aliphatic heterocycles. The van der Waals surface area contributed by atoms with Crippen molar-refractivity contribution in [2.24, 2.45) is 0 Å². The lowest BCUT2D eigenvalue weighted by Crippen LogP contribution is -2.51. The molecule has 1 N–H and O–H groups in total. The fourth-order valence-electron chi connectivity index (χ4n) is 3.83. The molecule has 27 heavy (non-hydrogen) atoms. The molecule has 0 bridgehead atoms. The first-order chi connectivity index (χ1) is 13.1. The summed E-state index contributed by atoms with van der Waals surface area (Å²) in [6.07, 6.45) is 0. The van der Waals surface area contributed by atoms with Gasteiger partial charge < -0.3 is 10.2 Å². The maximum absolute atomic E-state index is 13.7. The van der Waals surface area contributed by atoms with Gasteiger partial charge in [0.1, 0.15) is 0 Å². The van der Waals surface area contributed by atoms with Crippen molar-refractivity contribution in [3.05, 3.63) is 71.8 Å². The highest BCUT2D eigenvalue weighted by molar-refractivity contribution is 7.80. The molecule has 2 aromatic carbocycles. The fraction of sp³-hybridized carbons (Fsp3) is 0.333. The smallest absolute Gasteiger partial charge is 0.264 e. The van der Waals surface area contributed by atoms with Crippen LogP contribution < -0.4 is 5.32 Å². The van der Waals surface area contributed by atoms with E-state index in [1.807, 2.05) is 60.7 Å². The van der Waals surface area contributed by atoms with Crippen LogP contribution in [0.3, 0.4) is 0 Å². The molecule has 0 aliphatic carbocycles. The van der Waals surface area contributed by atoms with Crippen molar-refractivity contribution < 1.29 is 4.79 Å². The summed E-state index contributed by atoms with van der Waals surface area (Å²) in [5, 5.41) is 3.86. The molecule has 6 heteroatoms. The van der Waals surface area contributed by atoms with Gasteiger partial charge in [-0.1, -0.05) is 60.7 Å². The molecular weight excluding hydrogens is 356 g/mol. The molecule has 2 aliphatic rings. The molecule has 0 unspecified atom stereocenters. The Morgan fingerprint density at radius 1 is 0.926 bits per heavy atom. The van der Waals surface area contributed by atoms with Crippen LogP contribution in [-0.4, -0.2) is 65.6 Å². The predicted molar refractivity (Wildman–Crippen MR) is 110 cm³/mol. The topological polar surface area (TPSA) is 38.8 Å². The van der Waals surface area contributed by atoms with E-state index in [-0.39, 0.29) is 5.91 Å². The molecule has 0 spiro atoms. The monoisotopic (exact) mass is 380 g/mol. The van der Waals surface area contributed by atoms with E-state index in [0.29, 0.717) is 11.8 Å². The van der Waals surface area contributed by atoms with Crippen LogP contribution in [0, 0.1) is 0 Å². The maximum Gasteiger partial charge on any atom is 0.264 e. The zero-order chi connectivity index (χ0) is 18.9. The van der Waals surface area contributed by atoms with E-state index < -0.39 is 5.54 Å². The molecule has 2 saturated heterocycles. The third-order valence-corrected chi connectivity index (χ3v) is 5.78. The Balaban J connectivity index is 1.69. The summed E-state index contributed by atoms with van der Waals surface area (Å²) in [4.78, 5) is 20.0. The second-order valence-electron chi connectivity index (χ2n) is 7.21. The second kappa shape index (κ2) is 7.38. The minimum atomic E-state index is -0.966. The maximum atomic E-state index is 13.7. The van der Waals surface area contributed by atoms with Gasteiger partial charge in [-0.15, -0.1) is 0 Å². The quantitative estimate of drug-likeness (QED) is 0.820. The van der Waals surface area contributed by atoms with Crippen molar-refractivity contribution in [3.8, 4) is 0 Å². The number of benzene rings is 2. The van der Waals surface area contributed by atoms with Gasteiger partial charge in [-0.2, -0.15) is 0 Å². The van der Waals surface area contributed by atoms with Gasteiger partial charge >= 0.3 is 0 Å². The van der Waals surface area contributed by atoms with Gasteiger partial charge in [-0.05, 0) is 30.4 Å². The Hall–Kier alpha value is -2.28. The minimum Gasteiger partial charge on any atom is -0.341 e. The highest BCUT2D eigenvalue weighted by atomic mass is 32.1. The van der Waals surface area contributed by atoms with E-state index in [1.165, 1.54) is 0 Å². The number of carbonyl (C=O) groups is 1.